The van der Waals surface area contributed by atoms with Gasteiger partial charge in [0.1, 0.15) is 0 Å². The SMILES string of the molecule is CCCCCCCC#CC#CCCC(=O)NCCO. The van der Waals surface area contributed by atoms with Crippen molar-refractivity contribution in [3.05, 3.63) is 0 Å². The lowest BCUT2D eigenvalue weighted by molar-refractivity contribution is -0.121. The Balaban J connectivity index is 3.46. The van der Waals surface area contributed by atoms with Crippen molar-refractivity contribution < 1.29 is 9.90 Å². The number of carbonyl (C=O) groups is 1. The van der Waals surface area contributed by atoms with Crippen LogP contribution in [-0.2, 0) is 4.79 Å². The van der Waals surface area contributed by atoms with E-state index in [9.17, 15) is 4.79 Å². The first kappa shape index (κ1) is 17.6. The zero-order chi connectivity index (χ0) is 14.2. The van der Waals surface area contributed by atoms with Gasteiger partial charge in [0.15, 0.2) is 0 Å². The number of aliphatic hydroxyl groups excluding tert-OH is 1. The average molecular weight is 263 g/mol. The molecule has 1 amide bonds. The maximum absolute atomic E-state index is 11.1. The van der Waals surface area contributed by atoms with Crippen LogP contribution in [0.2, 0.25) is 0 Å². The molecule has 0 aromatic rings. The van der Waals surface area contributed by atoms with Crippen molar-refractivity contribution in [3.8, 4) is 23.7 Å². The molecule has 0 saturated heterocycles. The monoisotopic (exact) mass is 263 g/mol. The van der Waals surface area contributed by atoms with Crippen molar-refractivity contribution in [1.29, 1.82) is 0 Å². The van der Waals surface area contributed by atoms with Gasteiger partial charge >= 0.3 is 0 Å². The zero-order valence-electron chi connectivity index (χ0n) is 11.9. The Bertz CT molecular complexity index is 341. The van der Waals surface area contributed by atoms with Gasteiger partial charge < -0.3 is 10.4 Å². The van der Waals surface area contributed by atoms with Crippen LogP contribution in [0, 0.1) is 23.7 Å². The van der Waals surface area contributed by atoms with Gasteiger partial charge in [0, 0.05) is 25.8 Å². The van der Waals surface area contributed by atoms with Crippen molar-refractivity contribution in [2.75, 3.05) is 13.2 Å². The highest BCUT2D eigenvalue weighted by atomic mass is 16.3. The van der Waals surface area contributed by atoms with Gasteiger partial charge in [-0.25, -0.2) is 0 Å². The van der Waals surface area contributed by atoms with Gasteiger partial charge in [-0.15, -0.1) is 0 Å². The number of amides is 1. The molecule has 0 aromatic heterocycles. The fraction of sp³-hybridized carbons (Fsp3) is 0.688. The van der Waals surface area contributed by atoms with E-state index in [1.165, 1.54) is 25.7 Å². The molecule has 0 fully saturated rings. The number of nitrogens with one attached hydrogen (secondary N) is 1. The van der Waals surface area contributed by atoms with Crippen molar-refractivity contribution in [3.63, 3.8) is 0 Å². The molecule has 0 radical (unpaired) electrons. The minimum atomic E-state index is -0.0766. The zero-order valence-corrected chi connectivity index (χ0v) is 11.9. The first-order valence-electron chi connectivity index (χ1n) is 7.14. The van der Waals surface area contributed by atoms with E-state index in [-0.39, 0.29) is 12.5 Å². The van der Waals surface area contributed by atoms with Gasteiger partial charge in [-0.05, 0) is 18.3 Å². The normalized spacial score (nSPS) is 8.95. The Hall–Kier alpha value is -1.45. The van der Waals surface area contributed by atoms with E-state index in [0.29, 0.717) is 19.4 Å². The molecule has 0 aliphatic heterocycles. The number of unbranched alkanes of at least 4 members (excludes halogenated alkanes) is 5. The van der Waals surface area contributed by atoms with E-state index in [1.54, 1.807) is 0 Å². The van der Waals surface area contributed by atoms with E-state index in [1.807, 2.05) is 0 Å². The standard InChI is InChI=1S/C16H25NO2/c1-2-3-4-5-6-7-8-9-10-11-12-13-16(19)17-14-15-18/h18H,2-7,12-15H2,1H3,(H,17,19). The number of rotatable bonds is 9. The van der Waals surface area contributed by atoms with Gasteiger partial charge in [0.25, 0.3) is 0 Å². The predicted octanol–water partition coefficient (Wildman–Crippen LogP) is 2.24. The summed E-state index contributed by atoms with van der Waals surface area (Å²) in [5, 5.41) is 11.1. The van der Waals surface area contributed by atoms with Crippen molar-refractivity contribution >= 4 is 5.91 Å². The van der Waals surface area contributed by atoms with Gasteiger partial charge in [-0.1, -0.05) is 44.4 Å². The molecule has 0 aliphatic carbocycles. The summed E-state index contributed by atoms with van der Waals surface area (Å²) < 4.78 is 0. The van der Waals surface area contributed by atoms with E-state index in [0.717, 1.165) is 12.8 Å². The molecule has 0 aromatic carbocycles. The second-order valence-electron chi connectivity index (χ2n) is 4.34. The highest BCUT2D eigenvalue weighted by Gasteiger charge is 1.96. The summed E-state index contributed by atoms with van der Waals surface area (Å²) in [6.07, 6.45) is 8.07. The lowest BCUT2D eigenvalue weighted by atomic mass is 10.1. The predicted molar refractivity (Wildman–Crippen MR) is 78.3 cm³/mol. The topological polar surface area (TPSA) is 49.3 Å². The Labute approximate surface area is 117 Å². The van der Waals surface area contributed by atoms with E-state index in [4.69, 9.17) is 5.11 Å². The maximum Gasteiger partial charge on any atom is 0.221 e. The van der Waals surface area contributed by atoms with Crippen LogP contribution >= 0.6 is 0 Å². The summed E-state index contributed by atoms with van der Waals surface area (Å²) in [5.74, 6) is 11.4. The molecule has 0 heterocycles. The number of carbonyl (C=O) groups excluding carboxylic acids is 1. The Morgan fingerprint density at radius 2 is 1.74 bits per heavy atom. The molecule has 0 bridgehead atoms. The molecule has 0 spiro atoms. The first-order valence-corrected chi connectivity index (χ1v) is 7.14. The first-order chi connectivity index (χ1) is 9.31. The minimum Gasteiger partial charge on any atom is -0.395 e. The van der Waals surface area contributed by atoms with Gasteiger partial charge in [0.05, 0.1) is 6.61 Å². The molecule has 0 saturated carbocycles. The second kappa shape index (κ2) is 14.6. The lowest BCUT2D eigenvalue weighted by Crippen LogP contribution is -2.25. The molecule has 0 rings (SSSR count). The van der Waals surface area contributed by atoms with Crippen LogP contribution in [0.3, 0.4) is 0 Å². The van der Waals surface area contributed by atoms with Crippen LogP contribution < -0.4 is 5.32 Å². The van der Waals surface area contributed by atoms with E-state index in [2.05, 4.69) is 35.9 Å². The Morgan fingerprint density at radius 1 is 1.05 bits per heavy atom. The second-order valence-corrected chi connectivity index (χ2v) is 4.34. The summed E-state index contributed by atoms with van der Waals surface area (Å²) in [6.45, 7) is 2.49. The fourth-order valence-electron chi connectivity index (χ4n) is 1.49. The van der Waals surface area contributed by atoms with E-state index < -0.39 is 0 Å². The summed E-state index contributed by atoms with van der Waals surface area (Å²) >= 11 is 0. The molecule has 19 heavy (non-hydrogen) atoms. The summed E-state index contributed by atoms with van der Waals surface area (Å²) in [4.78, 5) is 11.1. The fourth-order valence-corrected chi connectivity index (χ4v) is 1.49. The number of hydrogen-bond donors (Lipinski definition) is 2. The van der Waals surface area contributed by atoms with Crippen LogP contribution in [0.4, 0.5) is 0 Å². The summed E-state index contributed by atoms with van der Waals surface area (Å²) in [5.41, 5.74) is 0. The van der Waals surface area contributed by atoms with Crippen LogP contribution in [-0.4, -0.2) is 24.2 Å². The van der Waals surface area contributed by atoms with Gasteiger partial charge in [0.2, 0.25) is 5.91 Å². The molecule has 106 valence electrons. The van der Waals surface area contributed by atoms with Crippen molar-refractivity contribution in [2.45, 2.75) is 58.3 Å². The molecular weight excluding hydrogens is 238 g/mol. The average Bonchev–Trinajstić information content (AvgIpc) is 2.42. The van der Waals surface area contributed by atoms with Crippen LogP contribution in [0.5, 0.6) is 0 Å². The van der Waals surface area contributed by atoms with E-state index >= 15 is 0 Å². The third-order valence-electron chi connectivity index (χ3n) is 2.56. The third-order valence-corrected chi connectivity index (χ3v) is 2.56. The lowest BCUT2D eigenvalue weighted by Gasteiger charge is -1.98. The molecule has 0 aliphatic rings. The summed E-state index contributed by atoms with van der Waals surface area (Å²) in [7, 11) is 0. The highest BCUT2D eigenvalue weighted by molar-refractivity contribution is 5.76. The Morgan fingerprint density at radius 3 is 2.42 bits per heavy atom. The molecule has 0 atom stereocenters. The van der Waals surface area contributed by atoms with Crippen LogP contribution in [0.1, 0.15) is 58.3 Å². The number of hydrogen-bond acceptors (Lipinski definition) is 2. The van der Waals surface area contributed by atoms with Crippen LogP contribution in [0.25, 0.3) is 0 Å². The van der Waals surface area contributed by atoms with Gasteiger partial charge in [-0.3, -0.25) is 4.79 Å². The van der Waals surface area contributed by atoms with Crippen LogP contribution in [0.15, 0.2) is 0 Å². The highest BCUT2D eigenvalue weighted by Crippen LogP contribution is 2.03. The van der Waals surface area contributed by atoms with Gasteiger partial charge in [-0.2, -0.15) is 0 Å². The molecule has 3 nitrogen and oxygen atoms in total. The quantitative estimate of drug-likeness (QED) is 0.495. The smallest absolute Gasteiger partial charge is 0.221 e. The maximum atomic E-state index is 11.1. The molecule has 0 unspecified atom stereocenters. The van der Waals surface area contributed by atoms with Crippen molar-refractivity contribution in [2.24, 2.45) is 0 Å². The minimum absolute atomic E-state index is 0.0266. The third kappa shape index (κ3) is 14.5. The van der Waals surface area contributed by atoms with Crippen molar-refractivity contribution in [1.82, 2.24) is 5.32 Å². The molecule has 3 heteroatoms. The Kier molecular flexibility index (Phi) is 13.5. The largest absolute Gasteiger partial charge is 0.395 e. The number of aliphatic hydroxyl groups is 1. The summed E-state index contributed by atoms with van der Waals surface area (Å²) in [6, 6.07) is 0. The molecular formula is C16H25NO2. The molecule has 2 N–H and O–H groups in total.